The molecule has 5 rings (SSSR count). The number of aromatic nitrogens is 5. The zero-order valence-corrected chi connectivity index (χ0v) is 16.5. The molecule has 0 unspecified atom stereocenters. The van der Waals surface area contributed by atoms with Crippen molar-refractivity contribution in [3.63, 3.8) is 0 Å². The molecule has 1 aromatic carbocycles. The highest BCUT2D eigenvalue weighted by Gasteiger charge is 2.21. The summed E-state index contributed by atoms with van der Waals surface area (Å²) in [4.78, 5) is 22.1. The molecule has 0 bridgehead atoms. The molecule has 0 spiro atoms. The maximum absolute atomic E-state index is 13.1. The molecule has 1 fully saturated rings. The first-order chi connectivity index (χ1) is 13.6. The maximum atomic E-state index is 13.1. The van der Waals surface area contributed by atoms with Gasteiger partial charge in [0.05, 0.1) is 26.6 Å². The number of halogens is 2. The fourth-order valence-corrected chi connectivity index (χ4v) is 4.32. The van der Waals surface area contributed by atoms with E-state index in [1.54, 1.807) is 35.1 Å². The molecule has 3 aromatic heterocycles. The molecule has 0 N–H and O–H groups in total. The first-order valence-electron chi connectivity index (χ1n) is 9.35. The lowest BCUT2D eigenvalue weighted by Crippen LogP contribution is -2.19. The second-order valence-corrected chi connectivity index (χ2v) is 7.92. The van der Waals surface area contributed by atoms with Gasteiger partial charge in [-0.05, 0) is 31.0 Å². The summed E-state index contributed by atoms with van der Waals surface area (Å²) in [7, 11) is 0. The number of benzene rings is 1. The predicted octanol–water partition coefficient (Wildman–Crippen LogP) is 4.78. The van der Waals surface area contributed by atoms with Gasteiger partial charge in [-0.25, -0.2) is 4.98 Å². The van der Waals surface area contributed by atoms with Crippen LogP contribution in [-0.4, -0.2) is 24.1 Å². The molecule has 6 nitrogen and oxygen atoms in total. The van der Waals surface area contributed by atoms with Crippen molar-refractivity contribution in [1.29, 1.82) is 0 Å². The van der Waals surface area contributed by atoms with Crippen molar-refractivity contribution in [2.45, 2.75) is 38.0 Å². The Hall–Kier alpha value is -2.44. The van der Waals surface area contributed by atoms with Crippen molar-refractivity contribution in [3.05, 3.63) is 62.9 Å². The Morgan fingerprint density at radius 3 is 2.71 bits per heavy atom. The second kappa shape index (κ2) is 6.87. The Morgan fingerprint density at radius 2 is 1.89 bits per heavy atom. The third kappa shape index (κ3) is 2.79. The van der Waals surface area contributed by atoms with Gasteiger partial charge in [-0.2, -0.15) is 9.50 Å². The fourth-order valence-electron chi connectivity index (χ4n) is 3.94. The molecule has 142 valence electrons. The van der Waals surface area contributed by atoms with Crippen LogP contribution in [0.2, 0.25) is 10.0 Å². The number of fused-ring (bicyclic) bond motifs is 3. The number of hydrogen-bond donors (Lipinski definition) is 0. The molecule has 1 aliphatic carbocycles. The summed E-state index contributed by atoms with van der Waals surface area (Å²) in [5, 5.41) is 5.87. The van der Waals surface area contributed by atoms with Gasteiger partial charge in [-0.15, -0.1) is 5.10 Å². The lowest BCUT2D eigenvalue weighted by Gasteiger charge is -2.17. The Bertz CT molecular complexity index is 1260. The summed E-state index contributed by atoms with van der Waals surface area (Å²) in [6.07, 6.45) is 9.14. The molecule has 0 saturated heterocycles. The van der Waals surface area contributed by atoms with Gasteiger partial charge in [0, 0.05) is 18.3 Å². The van der Waals surface area contributed by atoms with Crippen LogP contribution in [0.3, 0.4) is 0 Å². The average Bonchev–Trinajstić information content (AvgIpc) is 3.16. The minimum absolute atomic E-state index is 0.231. The number of rotatable bonds is 2. The zero-order valence-electron chi connectivity index (χ0n) is 15.0. The highest BCUT2D eigenvalue weighted by molar-refractivity contribution is 6.43. The summed E-state index contributed by atoms with van der Waals surface area (Å²) in [5.41, 5.74) is 0.979. The van der Waals surface area contributed by atoms with Gasteiger partial charge in [-0.1, -0.05) is 48.5 Å². The van der Waals surface area contributed by atoms with Gasteiger partial charge in [0.25, 0.3) is 11.3 Å². The summed E-state index contributed by atoms with van der Waals surface area (Å²) in [5.74, 6) is 1.71. The largest absolute Gasteiger partial charge is 0.282 e. The summed E-state index contributed by atoms with van der Waals surface area (Å²) < 4.78 is 3.15. The third-order valence-electron chi connectivity index (χ3n) is 5.41. The minimum Gasteiger partial charge on any atom is -0.282 e. The molecule has 1 saturated carbocycles. The van der Waals surface area contributed by atoms with Crippen molar-refractivity contribution >= 4 is 39.9 Å². The molecule has 0 amide bonds. The van der Waals surface area contributed by atoms with Crippen LogP contribution in [0.1, 0.15) is 43.8 Å². The van der Waals surface area contributed by atoms with Crippen LogP contribution in [0.4, 0.5) is 0 Å². The third-order valence-corrected chi connectivity index (χ3v) is 6.22. The monoisotopic (exact) mass is 413 g/mol. The van der Waals surface area contributed by atoms with E-state index in [2.05, 4.69) is 15.1 Å². The quantitative estimate of drug-likeness (QED) is 0.474. The van der Waals surface area contributed by atoms with E-state index in [1.165, 1.54) is 23.8 Å². The van der Waals surface area contributed by atoms with E-state index in [0.717, 1.165) is 18.7 Å². The molecule has 0 radical (unpaired) electrons. The van der Waals surface area contributed by atoms with Gasteiger partial charge < -0.3 is 0 Å². The summed E-state index contributed by atoms with van der Waals surface area (Å²) >= 11 is 12.4. The smallest absolute Gasteiger partial charge is 0.266 e. The van der Waals surface area contributed by atoms with Crippen LogP contribution >= 0.6 is 23.2 Å². The predicted molar refractivity (Wildman–Crippen MR) is 110 cm³/mol. The molecule has 0 aliphatic heterocycles. The zero-order chi connectivity index (χ0) is 19.3. The highest BCUT2D eigenvalue weighted by atomic mass is 35.5. The number of hydrogen-bond acceptors (Lipinski definition) is 4. The fraction of sp³-hybridized carbons (Fsp3) is 0.300. The van der Waals surface area contributed by atoms with Gasteiger partial charge in [0.15, 0.2) is 5.82 Å². The first-order valence-corrected chi connectivity index (χ1v) is 10.1. The van der Waals surface area contributed by atoms with Crippen LogP contribution in [0.5, 0.6) is 0 Å². The second-order valence-electron chi connectivity index (χ2n) is 7.14. The van der Waals surface area contributed by atoms with Crippen LogP contribution in [0, 0.1) is 0 Å². The Labute approximate surface area is 170 Å². The lowest BCUT2D eigenvalue weighted by atomic mass is 9.89. The van der Waals surface area contributed by atoms with Gasteiger partial charge >= 0.3 is 0 Å². The highest BCUT2D eigenvalue weighted by Crippen LogP contribution is 2.31. The van der Waals surface area contributed by atoms with Crippen LogP contribution in [-0.2, 0) is 0 Å². The van der Waals surface area contributed by atoms with Gasteiger partial charge in [0.2, 0.25) is 0 Å². The topological polar surface area (TPSA) is 65.1 Å². The van der Waals surface area contributed by atoms with Crippen LogP contribution in [0.15, 0.2) is 41.5 Å². The van der Waals surface area contributed by atoms with Gasteiger partial charge in [-0.3, -0.25) is 9.36 Å². The SMILES string of the molecule is O=c1c2cnc3nc(C4CCCCC4)nn3c2ccn1-c1cccc(Cl)c1Cl. The Balaban J connectivity index is 1.68. The average molecular weight is 414 g/mol. The molecule has 8 heteroatoms. The van der Waals surface area contributed by atoms with E-state index >= 15 is 0 Å². The molecular formula is C20H17Cl2N5O. The van der Waals surface area contributed by atoms with Crippen molar-refractivity contribution in [3.8, 4) is 5.69 Å². The number of nitrogens with zero attached hydrogens (tertiary/aromatic N) is 5. The minimum atomic E-state index is -0.231. The molecule has 0 atom stereocenters. The van der Waals surface area contributed by atoms with Crippen molar-refractivity contribution in [1.82, 2.24) is 24.1 Å². The van der Waals surface area contributed by atoms with E-state index in [9.17, 15) is 4.79 Å². The maximum Gasteiger partial charge on any atom is 0.266 e. The lowest BCUT2D eigenvalue weighted by molar-refractivity contribution is 0.429. The van der Waals surface area contributed by atoms with E-state index < -0.39 is 0 Å². The molecular weight excluding hydrogens is 397 g/mol. The van der Waals surface area contributed by atoms with E-state index in [0.29, 0.717) is 38.3 Å². The standard InChI is InChI=1S/C20H17Cl2N5O/c21-14-7-4-8-16(17(14)22)26-10-9-15-13(19(26)28)11-23-20-24-18(25-27(15)20)12-5-2-1-3-6-12/h4,7-12H,1-3,5-6H2. The first kappa shape index (κ1) is 17.6. The van der Waals surface area contributed by atoms with Crippen molar-refractivity contribution < 1.29 is 0 Å². The molecule has 4 aromatic rings. The van der Waals surface area contributed by atoms with Crippen LogP contribution in [0.25, 0.3) is 22.4 Å². The summed E-state index contributed by atoms with van der Waals surface area (Å²) in [6.45, 7) is 0. The van der Waals surface area contributed by atoms with Crippen molar-refractivity contribution in [2.24, 2.45) is 0 Å². The van der Waals surface area contributed by atoms with E-state index in [-0.39, 0.29) is 5.56 Å². The molecule has 1 aliphatic rings. The Kier molecular flexibility index (Phi) is 4.33. The summed E-state index contributed by atoms with van der Waals surface area (Å²) in [6, 6.07) is 7.04. The number of pyridine rings is 1. The Morgan fingerprint density at radius 1 is 1.07 bits per heavy atom. The van der Waals surface area contributed by atoms with Crippen LogP contribution < -0.4 is 5.56 Å². The molecule has 3 heterocycles. The van der Waals surface area contributed by atoms with E-state index in [1.807, 2.05) is 6.07 Å². The molecule has 28 heavy (non-hydrogen) atoms. The van der Waals surface area contributed by atoms with E-state index in [4.69, 9.17) is 23.2 Å². The normalized spacial score (nSPS) is 15.5. The van der Waals surface area contributed by atoms with Crippen molar-refractivity contribution in [2.75, 3.05) is 0 Å². The van der Waals surface area contributed by atoms with Gasteiger partial charge in [0.1, 0.15) is 0 Å².